The Hall–Kier alpha value is -0.106. The Morgan fingerprint density at radius 1 is 1.53 bits per heavy atom. The van der Waals surface area contributed by atoms with Crippen LogP contribution >= 0.6 is 40.0 Å². The molecule has 7 nitrogen and oxygen atoms in total. The van der Waals surface area contributed by atoms with Gasteiger partial charge in [-0.2, -0.15) is 0 Å². The number of hydrogen-bond donors (Lipinski definition) is 3. The van der Waals surface area contributed by atoms with Crippen LogP contribution in [0.4, 0.5) is 5.69 Å². The van der Waals surface area contributed by atoms with E-state index in [1.54, 1.807) is 0 Å². The van der Waals surface area contributed by atoms with Crippen LogP contribution in [-0.2, 0) is 20.7 Å². The first-order chi connectivity index (χ1) is 8.83. The second-order valence-corrected chi connectivity index (χ2v) is 15.1. The predicted octanol–water partition coefficient (Wildman–Crippen LogP) is 2.02. The number of aliphatic carboxylic acids is 1. The van der Waals surface area contributed by atoms with E-state index in [0.29, 0.717) is 15.0 Å². The minimum absolute atomic E-state index is 0.0313. The van der Waals surface area contributed by atoms with Crippen LogP contribution in [0, 0.1) is 10.1 Å². The van der Waals surface area contributed by atoms with Crippen LogP contribution in [0.5, 0.6) is 5.75 Å². The Morgan fingerprint density at radius 3 is 2.47 bits per heavy atom. The molecule has 0 aromatic heterocycles. The fourth-order valence-corrected chi connectivity index (χ4v) is 1.18. The molecule has 0 saturated heterocycles. The number of carboxylic acids is 1. The maximum atomic E-state index is 10.5. The molecule has 0 spiro atoms. The van der Waals surface area contributed by atoms with Gasteiger partial charge in [0, 0.05) is 6.07 Å². The summed E-state index contributed by atoms with van der Waals surface area (Å²) in [6.45, 7) is 0. The zero-order chi connectivity index (χ0) is 15.0. The van der Waals surface area contributed by atoms with Crippen molar-refractivity contribution in [2.75, 3.05) is 0 Å². The monoisotopic (exact) mass is 531 g/mol. The van der Waals surface area contributed by atoms with Gasteiger partial charge in [-0.1, -0.05) is 6.07 Å². The summed E-state index contributed by atoms with van der Waals surface area (Å²) in [5.41, 5.74) is 5.21. The van der Waals surface area contributed by atoms with E-state index in [9.17, 15) is 14.9 Å². The van der Waals surface area contributed by atoms with Crippen LogP contribution in [0.1, 0.15) is 5.56 Å². The van der Waals surface area contributed by atoms with Gasteiger partial charge in [-0.3, -0.25) is 14.9 Å². The number of benzene rings is 1. The fourth-order valence-electron chi connectivity index (χ4n) is 1.18. The van der Waals surface area contributed by atoms with Crippen LogP contribution in [0.15, 0.2) is 18.2 Å². The van der Waals surface area contributed by atoms with Crippen LogP contribution in [-0.4, -0.2) is 27.1 Å². The summed E-state index contributed by atoms with van der Waals surface area (Å²) in [6, 6.07) is 2.52. The van der Waals surface area contributed by atoms with Gasteiger partial charge in [0.25, 0.3) is 0 Å². The Balaban J connectivity index is 0.000000982. The molecule has 0 bridgehead atoms. The molecule has 0 amide bonds. The molecular formula is C9H10I2N2O5V. The quantitative estimate of drug-likeness (QED) is 0.310. The van der Waals surface area contributed by atoms with Crippen LogP contribution in [0.25, 0.3) is 0 Å². The molecule has 0 aliphatic rings. The van der Waals surface area contributed by atoms with E-state index in [1.165, 1.54) is 6.07 Å². The summed E-state index contributed by atoms with van der Waals surface area (Å²) >= 11 is 4.74. The predicted molar refractivity (Wildman–Crippen MR) is 82.1 cm³/mol. The topological polar surface area (TPSA) is 127 Å². The second kappa shape index (κ2) is 9.74. The Labute approximate surface area is 137 Å². The molecule has 105 valence electrons. The van der Waals surface area contributed by atoms with Crippen molar-refractivity contribution in [2.24, 2.45) is 5.73 Å². The van der Waals surface area contributed by atoms with E-state index in [2.05, 4.69) is 40.0 Å². The summed E-state index contributed by atoms with van der Waals surface area (Å²) in [4.78, 5) is 20.2. The Kier molecular flexibility index (Phi) is 9.69. The number of carboxylic acid groups (broad SMARTS) is 1. The van der Waals surface area contributed by atoms with Crippen molar-refractivity contribution >= 4 is 51.6 Å². The van der Waals surface area contributed by atoms with Gasteiger partial charge in [0.2, 0.25) is 0 Å². The number of aromatic hydroxyl groups is 1. The number of carbonyl (C=O) groups is 1. The van der Waals surface area contributed by atoms with Gasteiger partial charge in [-0.05, 0) is 18.1 Å². The third-order valence-corrected chi connectivity index (χ3v) is 2.01. The summed E-state index contributed by atoms with van der Waals surface area (Å²) < 4.78 is 0. The Morgan fingerprint density at radius 2 is 2.05 bits per heavy atom. The number of nitro groups is 1. The number of nitrogens with two attached hydrogens (primary N) is 1. The van der Waals surface area contributed by atoms with E-state index in [4.69, 9.17) is 15.9 Å². The fraction of sp³-hybridized carbons (Fsp3) is 0.222. The molecule has 1 unspecified atom stereocenters. The number of phenols is 1. The summed E-state index contributed by atoms with van der Waals surface area (Å²) in [5, 5.41) is 28.2. The van der Waals surface area contributed by atoms with Crippen LogP contribution < -0.4 is 5.73 Å². The van der Waals surface area contributed by atoms with Crippen molar-refractivity contribution in [3.8, 4) is 5.75 Å². The molecule has 0 aliphatic heterocycles. The molecule has 10 heteroatoms. The molecule has 0 saturated carbocycles. The Bertz CT molecular complexity index is 460. The molecule has 0 aliphatic carbocycles. The molecule has 1 atom stereocenters. The number of hydrogen-bond acceptors (Lipinski definition) is 5. The minimum atomic E-state index is -1.18. The number of nitro benzene ring substituents is 1. The van der Waals surface area contributed by atoms with Crippen molar-refractivity contribution < 1.29 is 29.4 Å². The number of nitrogens with zero attached hydrogens (tertiary/aromatic N) is 1. The zero-order valence-corrected chi connectivity index (χ0v) is 15.1. The van der Waals surface area contributed by atoms with Crippen LogP contribution in [0.3, 0.4) is 0 Å². The standard InChI is InChI=1S/C9H10N2O5.2HI.V/c10-6(9(13)14)3-5-1-2-8(12)7(4-5)11(15)16;;;/h1-2,4,6,12H,3,10H2,(H,13,14);2*1H;/q;;;+2/p-2. The molecule has 1 aromatic carbocycles. The van der Waals surface area contributed by atoms with Gasteiger partial charge in [0.1, 0.15) is 6.04 Å². The summed E-state index contributed by atoms with van der Waals surface area (Å²) in [6.07, 6.45) is -0.0313. The normalized spacial score (nSPS) is 10.9. The van der Waals surface area contributed by atoms with E-state index in [0.717, 1.165) is 12.1 Å². The van der Waals surface area contributed by atoms with Crippen molar-refractivity contribution in [1.29, 1.82) is 0 Å². The van der Waals surface area contributed by atoms with E-state index in [-0.39, 0.29) is 6.42 Å². The SMILES string of the molecule is NC(Cc1ccc(O)c([N+](=O)[O-])c1)C(=O)O.[I][V][I]. The third kappa shape index (κ3) is 7.29. The van der Waals surface area contributed by atoms with Gasteiger partial charge >= 0.3 is 61.1 Å². The van der Waals surface area contributed by atoms with Crippen molar-refractivity contribution in [3.63, 3.8) is 0 Å². The van der Waals surface area contributed by atoms with Gasteiger partial charge in [0.15, 0.2) is 5.75 Å². The van der Waals surface area contributed by atoms with E-state index < -0.39 is 28.4 Å². The molecule has 1 aromatic rings. The van der Waals surface area contributed by atoms with Gasteiger partial charge in [-0.15, -0.1) is 0 Å². The van der Waals surface area contributed by atoms with Crippen LogP contribution in [0.2, 0.25) is 0 Å². The summed E-state index contributed by atoms with van der Waals surface area (Å²) in [5.74, 6) is -1.65. The van der Waals surface area contributed by atoms with Gasteiger partial charge in [-0.25, -0.2) is 0 Å². The van der Waals surface area contributed by atoms with Crippen molar-refractivity contribution in [1.82, 2.24) is 0 Å². The average Bonchev–Trinajstić information content (AvgIpc) is 2.32. The zero-order valence-electron chi connectivity index (χ0n) is 9.36. The summed E-state index contributed by atoms with van der Waals surface area (Å²) in [7, 11) is 0.628. The molecule has 0 fully saturated rings. The van der Waals surface area contributed by atoms with Crippen molar-refractivity contribution in [2.45, 2.75) is 12.5 Å². The first kappa shape index (κ1) is 18.9. The average molecular weight is 531 g/mol. The van der Waals surface area contributed by atoms with E-state index >= 15 is 0 Å². The molecule has 4 N–H and O–H groups in total. The molecule has 0 radical (unpaired) electrons. The first-order valence-electron chi connectivity index (χ1n) is 4.70. The second-order valence-electron chi connectivity index (χ2n) is 3.29. The molecule has 0 heterocycles. The number of rotatable bonds is 4. The van der Waals surface area contributed by atoms with Crippen molar-refractivity contribution in [3.05, 3.63) is 33.9 Å². The third-order valence-electron chi connectivity index (χ3n) is 2.01. The molecule has 1 rings (SSSR count). The van der Waals surface area contributed by atoms with Gasteiger partial charge in [0.05, 0.1) is 4.92 Å². The molecule has 19 heavy (non-hydrogen) atoms. The first-order valence-corrected chi connectivity index (χ1v) is 13.7. The van der Waals surface area contributed by atoms with Gasteiger partial charge < -0.3 is 15.9 Å². The van der Waals surface area contributed by atoms with E-state index in [1.807, 2.05) is 0 Å². The number of phenolic OH excluding ortho intramolecular Hbond substituents is 1. The number of halogens is 2. The molecular weight excluding hydrogens is 521 g/mol. The maximum absolute atomic E-state index is 10.5.